The maximum absolute atomic E-state index is 14.7. The highest BCUT2D eigenvalue weighted by Gasteiger charge is 2.41. The third-order valence-electron chi connectivity index (χ3n) is 10.9. The second-order valence-electron chi connectivity index (χ2n) is 14.0. The van der Waals surface area contributed by atoms with Gasteiger partial charge >= 0.3 is 6.03 Å². The molecule has 54 heavy (non-hydrogen) atoms. The van der Waals surface area contributed by atoms with Gasteiger partial charge in [-0.3, -0.25) is 14.9 Å². The van der Waals surface area contributed by atoms with Crippen molar-refractivity contribution in [3.63, 3.8) is 0 Å². The second kappa shape index (κ2) is 14.0. The zero-order valence-electron chi connectivity index (χ0n) is 29.4. The molecule has 3 heterocycles. The maximum Gasteiger partial charge on any atom is 0.335 e. The molecule has 4 amide bonds. The molecule has 0 unspecified atom stereocenters. The number of nitrogens with one attached hydrogen (secondary N) is 1. The average Bonchev–Trinajstić information content (AvgIpc) is 3.19. The first-order chi connectivity index (χ1) is 26.4. The number of urea groups is 1. The first-order valence-electron chi connectivity index (χ1n) is 18.3. The molecule has 1 N–H and O–H groups in total. The van der Waals surface area contributed by atoms with E-state index in [2.05, 4.69) is 58.7 Å². The van der Waals surface area contributed by atoms with Gasteiger partial charge in [0.2, 0.25) is 0 Å². The van der Waals surface area contributed by atoms with Crippen LogP contribution in [0.2, 0.25) is 5.02 Å². The summed E-state index contributed by atoms with van der Waals surface area (Å²) >= 11 is 6.24. The number of fused-ring (bicyclic) bond motifs is 1. The summed E-state index contributed by atoms with van der Waals surface area (Å²) in [6.07, 6.45) is 3.36. The van der Waals surface area contributed by atoms with Crippen LogP contribution in [0.4, 0.5) is 16.2 Å². The van der Waals surface area contributed by atoms with Crippen molar-refractivity contribution in [3.05, 3.63) is 177 Å². The number of ether oxygens (including phenoxy) is 1. The van der Waals surface area contributed by atoms with Gasteiger partial charge in [-0.1, -0.05) is 115 Å². The highest BCUT2D eigenvalue weighted by Crippen LogP contribution is 2.50. The number of amides is 4. The molecule has 8 heteroatoms. The van der Waals surface area contributed by atoms with E-state index in [0.717, 1.165) is 58.3 Å². The molecule has 0 radical (unpaired) electrons. The normalized spacial score (nSPS) is 18.8. The molecule has 1 saturated heterocycles. The van der Waals surface area contributed by atoms with E-state index in [0.29, 0.717) is 22.0 Å². The van der Waals surface area contributed by atoms with E-state index in [4.69, 9.17) is 16.3 Å². The van der Waals surface area contributed by atoms with Crippen LogP contribution in [0, 0.1) is 0 Å². The molecule has 0 spiro atoms. The number of halogens is 1. The lowest BCUT2D eigenvalue weighted by atomic mass is 9.76. The topological polar surface area (TPSA) is 79.0 Å². The lowest BCUT2D eigenvalue weighted by Gasteiger charge is -2.44. The van der Waals surface area contributed by atoms with Crippen molar-refractivity contribution in [1.29, 1.82) is 0 Å². The Kier molecular flexibility index (Phi) is 8.72. The molecule has 9 rings (SSSR count). The lowest BCUT2D eigenvalue weighted by Crippen LogP contribution is -2.54. The van der Waals surface area contributed by atoms with Gasteiger partial charge in [-0.2, -0.15) is 0 Å². The van der Waals surface area contributed by atoms with E-state index in [1.165, 1.54) is 16.8 Å². The Balaban J connectivity index is 1.17. The highest BCUT2D eigenvalue weighted by molar-refractivity contribution is 6.39. The van der Waals surface area contributed by atoms with Crippen LogP contribution in [0.1, 0.15) is 58.1 Å². The van der Waals surface area contributed by atoms with Crippen LogP contribution in [0.25, 0.3) is 16.8 Å². The van der Waals surface area contributed by atoms with Crippen LogP contribution in [0.5, 0.6) is 5.75 Å². The Bertz CT molecular complexity index is 2410. The Hall–Kier alpha value is -6.18. The fraction of sp³-hybridized carbons (Fsp3) is 0.152. The number of nitrogens with zero attached hydrogens (tertiary/aromatic N) is 2. The Morgan fingerprint density at radius 3 is 2.04 bits per heavy atom. The van der Waals surface area contributed by atoms with Gasteiger partial charge in [0.25, 0.3) is 11.8 Å². The van der Waals surface area contributed by atoms with Crippen molar-refractivity contribution in [1.82, 2.24) is 5.32 Å². The van der Waals surface area contributed by atoms with E-state index in [1.807, 2.05) is 78.9 Å². The summed E-state index contributed by atoms with van der Waals surface area (Å²) in [4.78, 5) is 45.7. The largest absolute Gasteiger partial charge is 0.488 e. The average molecular weight is 730 g/mol. The molecule has 266 valence electrons. The third-order valence-corrected chi connectivity index (χ3v) is 11.1. The van der Waals surface area contributed by atoms with Crippen LogP contribution in [0.15, 0.2) is 139 Å². The molecule has 0 bridgehead atoms. The van der Waals surface area contributed by atoms with Crippen molar-refractivity contribution in [2.45, 2.75) is 31.3 Å². The van der Waals surface area contributed by atoms with Gasteiger partial charge in [-0.25, -0.2) is 9.69 Å². The molecule has 6 aromatic rings. The molecule has 6 aromatic carbocycles. The minimum Gasteiger partial charge on any atom is -0.488 e. The van der Waals surface area contributed by atoms with Gasteiger partial charge in [0.15, 0.2) is 0 Å². The van der Waals surface area contributed by atoms with Crippen LogP contribution in [-0.2, 0) is 16.2 Å². The molecule has 2 atom stereocenters. The van der Waals surface area contributed by atoms with Crippen molar-refractivity contribution in [3.8, 4) is 5.75 Å². The van der Waals surface area contributed by atoms with Crippen molar-refractivity contribution in [2.24, 2.45) is 0 Å². The van der Waals surface area contributed by atoms with Gasteiger partial charge in [0.1, 0.15) is 17.9 Å². The maximum atomic E-state index is 14.7. The minimum atomic E-state index is -0.777. The smallest absolute Gasteiger partial charge is 0.335 e. The van der Waals surface area contributed by atoms with Gasteiger partial charge < -0.3 is 9.64 Å². The fourth-order valence-corrected chi connectivity index (χ4v) is 8.56. The molecule has 1 fully saturated rings. The van der Waals surface area contributed by atoms with E-state index < -0.39 is 17.8 Å². The predicted octanol–water partition coefficient (Wildman–Crippen LogP) is 9.62. The van der Waals surface area contributed by atoms with Crippen LogP contribution in [0.3, 0.4) is 0 Å². The first kappa shape index (κ1) is 33.6. The standard InChI is InChI=1S/C46H36ClN3O4/c47-33-16-9-10-29(24-33)28-54-42-19-18-32-15-7-8-17-35(32)38(42)27-41-44(51)48-46(53)50(45(41)52)34-25-39-36(30-11-3-1-4-12-30)20-22-49-23-21-37(40(26-34)43(39)49)31-13-5-2-6-14-31/h1-19,24-27,36-37H,20-23,28H2,(H,48,51,53)/b41-27+/t36-,37-/m1/s1. The van der Waals surface area contributed by atoms with Gasteiger partial charge in [0.05, 0.1) is 5.69 Å². The number of rotatable bonds is 7. The summed E-state index contributed by atoms with van der Waals surface area (Å²) < 4.78 is 6.32. The summed E-state index contributed by atoms with van der Waals surface area (Å²) in [6, 6.07) is 42.9. The van der Waals surface area contributed by atoms with Gasteiger partial charge in [0, 0.05) is 41.2 Å². The van der Waals surface area contributed by atoms with E-state index in [9.17, 15) is 14.4 Å². The molecule has 0 saturated carbocycles. The lowest BCUT2D eigenvalue weighted by molar-refractivity contribution is -0.122. The minimum absolute atomic E-state index is 0.0696. The number of carbonyl (C=O) groups is 3. The van der Waals surface area contributed by atoms with Crippen LogP contribution < -0.4 is 19.9 Å². The summed E-state index contributed by atoms with van der Waals surface area (Å²) in [7, 11) is 0. The van der Waals surface area contributed by atoms with E-state index in [-0.39, 0.29) is 24.0 Å². The summed E-state index contributed by atoms with van der Waals surface area (Å²) in [5, 5.41) is 4.79. The number of benzene rings is 6. The Morgan fingerprint density at radius 1 is 0.722 bits per heavy atom. The quantitative estimate of drug-likeness (QED) is 0.131. The SMILES string of the molecule is O=C1NC(=O)N(c2cc3c4c(c2)[C@@H](c2ccccc2)CCN4CC[C@@H]3c2ccccc2)C(=O)/C1=C/c1c(OCc2cccc(Cl)c2)ccc2ccccc12. The molecular formula is C46H36ClN3O4. The summed E-state index contributed by atoms with van der Waals surface area (Å²) in [5.41, 5.74) is 7.41. The third kappa shape index (κ3) is 6.10. The molecule has 7 nitrogen and oxygen atoms in total. The zero-order chi connectivity index (χ0) is 36.8. The zero-order valence-corrected chi connectivity index (χ0v) is 30.1. The molecular weight excluding hydrogens is 694 g/mol. The number of imide groups is 2. The monoisotopic (exact) mass is 729 g/mol. The number of carbonyl (C=O) groups excluding carboxylic acids is 3. The van der Waals surface area contributed by atoms with Crippen molar-refractivity contribution < 1.29 is 19.1 Å². The van der Waals surface area contributed by atoms with Crippen molar-refractivity contribution in [2.75, 3.05) is 22.9 Å². The number of anilines is 2. The number of hydrogen-bond acceptors (Lipinski definition) is 5. The fourth-order valence-electron chi connectivity index (χ4n) is 8.34. The first-order valence-corrected chi connectivity index (χ1v) is 18.6. The molecule has 0 aliphatic carbocycles. The Morgan fingerprint density at radius 2 is 1.37 bits per heavy atom. The molecule has 3 aliphatic rings. The van der Waals surface area contributed by atoms with E-state index >= 15 is 0 Å². The summed E-state index contributed by atoms with van der Waals surface area (Å²) in [5.74, 6) is -0.828. The van der Waals surface area contributed by atoms with Crippen LogP contribution in [-0.4, -0.2) is 30.9 Å². The van der Waals surface area contributed by atoms with Gasteiger partial charge in [-0.05, 0) is 87.8 Å². The van der Waals surface area contributed by atoms with Crippen molar-refractivity contribution >= 4 is 57.7 Å². The molecule has 3 aliphatic heterocycles. The number of hydrogen-bond donors (Lipinski definition) is 1. The van der Waals surface area contributed by atoms with Gasteiger partial charge in [-0.15, -0.1) is 0 Å². The Labute approximate surface area is 318 Å². The second-order valence-corrected chi connectivity index (χ2v) is 14.5. The number of barbiturate groups is 1. The predicted molar refractivity (Wildman–Crippen MR) is 213 cm³/mol. The molecule has 0 aromatic heterocycles. The van der Waals surface area contributed by atoms with E-state index in [1.54, 1.807) is 12.1 Å². The highest BCUT2D eigenvalue weighted by atomic mass is 35.5. The van der Waals surface area contributed by atoms with Crippen LogP contribution >= 0.6 is 11.6 Å². The summed E-state index contributed by atoms with van der Waals surface area (Å²) in [6.45, 7) is 2.05.